The number of nitrogens with two attached hydrogens (primary N) is 1. The Bertz CT molecular complexity index is 542. The molecular formula is C16H23N3O2. The van der Waals surface area contributed by atoms with Crippen LogP contribution in [0.25, 0.3) is 0 Å². The maximum atomic E-state index is 12.0. The van der Waals surface area contributed by atoms with Gasteiger partial charge in [-0.25, -0.2) is 0 Å². The van der Waals surface area contributed by atoms with Crippen molar-refractivity contribution in [2.45, 2.75) is 45.6 Å². The predicted molar refractivity (Wildman–Crippen MR) is 84.3 cm³/mol. The van der Waals surface area contributed by atoms with Gasteiger partial charge in [0.2, 0.25) is 11.8 Å². The first-order valence-corrected chi connectivity index (χ1v) is 7.50. The highest BCUT2D eigenvalue weighted by molar-refractivity contribution is 5.97. The molecule has 0 saturated heterocycles. The molecule has 5 nitrogen and oxygen atoms in total. The van der Waals surface area contributed by atoms with Crippen molar-refractivity contribution in [3.8, 4) is 0 Å². The number of unbranched alkanes of at least 4 members (excludes halogenated alkanes) is 1. The van der Waals surface area contributed by atoms with Crippen molar-refractivity contribution in [2.75, 3.05) is 16.8 Å². The molecule has 0 aromatic heterocycles. The van der Waals surface area contributed by atoms with Crippen molar-refractivity contribution in [2.24, 2.45) is 5.73 Å². The van der Waals surface area contributed by atoms with Crippen LogP contribution in [0.3, 0.4) is 0 Å². The Labute approximate surface area is 125 Å². The molecule has 21 heavy (non-hydrogen) atoms. The number of carbonyl (C=O) groups is 2. The number of amides is 2. The van der Waals surface area contributed by atoms with E-state index >= 15 is 0 Å². The Balaban J connectivity index is 2.03. The normalized spacial score (nSPS) is 14.7. The van der Waals surface area contributed by atoms with Crippen LogP contribution in [-0.2, 0) is 16.0 Å². The van der Waals surface area contributed by atoms with E-state index in [2.05, 4.69) is 12.2 Å². The summed E-state index contributed by atoms with van der Waals surface area (Å²) in [5.74, 6) is -0.100. The number of nitrogens with one attached hydrogen (secondary N) is 1. The van der Waals surface area contributed by atoms with E-state index in [-0.39, 0.29) is 11.8 Å². The summed E-state index contributed by atoms with van der Waals surface area (Å²) in [4.78, 5) is 25.2. The highest BCUT2D eigenvalue weighted by Gasteiger charge is 2.22. The van der Waals surface area contributed by atoms with E-state index in [1.165, 1.54) is 0 Å². The van der Waals surface area contributed by atoms with Crippen LogP contribution in [0.5, 0.6) is 0 Å². The molecule has 1 heterocycles. The van der Waals surface area contributed by atoms with Crippen molar-refractivity contribution >= 4 is 23.2 Å². The number of carbonyl (C=O) groups excluding carboxylic acids is 2. The summed E-state index contributed by atoms with van der Waals surface area (Å²) in [6, 6.07) is 5.18. The lowest BCUT2D eigenvalue weighted by molar-refractivity contribution is -0.118. The summed E-state index contributed by atoms with van der Waals surface area (Å²) in [5.41, 5.74) is 8.64. The smallest absolute Gasteiger partial charge is 0.241 e. The Hall–Kier alpha value is -1.88. The Morgan fingerprint density at radius 3 is 2.86 bits per heavy atom. The number of fused-ring (bicyclic) bond motifs is 1. The Kier molecular flexibility index (Phi) is 4.96. The molecule has 1 atom stereocenters. The number of hydrogen-bond acceptors (Lipinski definition) is 3. The van der Waals surface area contributed by atoms with E-state index in [0.29, 0.717) is 13.0 Å². The first-order chi connectivity index (χ1) is 10.0. The summed E-state index contributed by atoms with van der Waals surface area (Å²) in [5, 5.41) is 2.86. The zero-order valence-corrected chi connectivity index (χ0v) is 12.7. The Morgan fingerprint density at radius 2 is 2.19 bits per heavy atom. The molecule has 5 heteroatoms. The second kappa shape index (κ2) is 6.72. The van der Waals surface area contributed by atoms with Crippen LogP contribution < -0.4 is 16.0 Å². The number of benzene rings is 1. The summed E-state index contributed by atoms with van der Waals surface area (Å²) < 4.78 is 0. The fraction of sp³-hybridized carbons (Fsp3) is 0.500. The molecule has 1 unspecified atom stereocenters. The molecule has 0 fully saturated rings. The lowest BCUT2D eigenvalue weighted by Gasteiger charge is -2.16. The van der Waals surface area contributed by atoms with Crippen LogP contribution in [0.1, 0.15) is 38.7 Å². The summed E-state index contributed by atoms with van der Waals surface area (Å²) in [6.07, 6.45) is 3.50. The first kappa shape index (κ1) is 15.5. The average molecular weight is 289 g/mol. The second-order valence-electron chi connectivity index (χ2n) is 5.50. The predicted octanol–water partition coefficient (Wildman–Crippen LogP) is 2.05. The summed E-state index contributed by atoms with van der Waals surface area (Å²) in [7, 11) is 0. The molecule has 2 amide bonds. The molecule has 1 aromatic carbocycles. The van der Waals surface area contributed by atoms with Crippen molar-refractivity contribution < 1.29 is 9.59 Å². The average Bonchev–Trinajstić information content (AvgIpc) is 2.87. The molecule has 0 aliphatic carbocycles. The summed E-state index contributed by atoms with van der Waals surface area (Å²) in [6.45, 7) is 4.35. The molecular weight excluding hydrogens is 266 g/mol. The molecule has 114 valence electrons. The molecule has 0 bridgehead atoms. The first-order valence-electron chi connectivity index (χ1n) is 7.50. The summed E-state index contributed by atoms with van der Waals surface area (Å²) >= 11 is 0. The molecule has 0 spiro atoms. The largest absolute Gasteiger partial charge is 0.325 e. The van der Waals surface area contributed by atoms with E-state index in [1.54, 1.807) is 11.8 Å². The fourth-order valence-electron chi connectivity index (χ4n) is 2.60. The van der Waals surface area contributed by atoms with Gasteiger partial charge in [-0.2, -0.15) is 0 Å². The van der Waals surface area contributed by atoms with Gasteiger partial charge in [0.15, 0.2) is 0 Å². The zero-order chi connectivity index (χ0) is 15.4. The standard InChI is InChI=1S/C16H23N3O2/c1-3-4-5-14(17)16(21)18-13-6-7-15-12(10-13)8-9-19(15)11(2)20/h6-7,10,14H,3-5,8-9,17H2,1-2H3,(H,18,21). The molecule has 1 aromatic rings. The van der Waals surface area contributed by atoms with E-state index in [9.17, 15) is 9.59 Å². The monoisotopic (exact) mass is 289 g/mol. The second-order valence-corrected chi connectivity index (χ2v) is 5.50. The van der Waals surface area contributed by atoms with Crippen LogP contribution >= 0.6 is 0 Å². The zero-order valence-electron chi connectivity index (χ0n) is 12.7. The van der Waals surface area contributed by atoms with Gasteiger partial charge in [-0.05, 0) is 36.6 Å². The maximum absolute atomic E-state index is 12.0. The number of hydrogen-bond donors (Lipinski definition) is 2. The van der Waals surface area contributed by atoms with Gasteiger partial charge in [-0.3, -0.25) is 9.59 Å². The van der Waals surface area contributed by atoms with Crippen molar-refractivity contribution in [1.82, 2.24) is 0 Å². The lowest BCUT2D eigenvalue weighted by atomic mass is 10.1. The molecule has 0 radical (unpaired) electrons. The van der Waals surface area contributed by atoms with E-state index in [1.807, 2.05) is 18.2 Å². The van der Waals surface area contributed by atoms with Crippen LogP contribution in [0.2, 0.25) is 0 Å². The molecule has 1 aliphatic heterocycles. The minimum atomic E-state index is -0.466. The van der Waals surface area contributed by atoms with Crippen molar-refractivity contribution in [3.63, 3.8) is 0 Å². The SMILES string of the molecule is CCCCC(N)C(=O)Nc1ccc2c(c1)CCN2C(C)=O. The van der Waals surface area contributed by atoms with Gasteiger partial charge in [0, 0.05) is 24.8 Å². The van der Waals surface area contributed by atoms with Gasteiger partial charge in [0.1, 0.15) is 0 Å². The highest BCUT2D eigenvalue weighted by atomic mass is 16.2. The number of anilines is 2. The number of nitrogens with zero attached hydrogens (tertiary/aromatic N) is 1. The van der Waals surface area contributed by atoms with Gasteiger partial charge in [0.25, 0.3) is 0 Å². The van der Waals surface area contributed by atoms with E-state index in [4.69, 9.17) is 5.73 Å². The molecule has 3 N–H and O–H groups in total. The van der Waals surface area contributed by atoms with Gasteiger partial charge in [-0.15, -0.1) is 0 Å². The molecule has 1 aliphatic rings. The van der Waals surface area contributed by atoms with E-state index < -0.39 is 6.04 Å². The Morgan fingerprint density at radius 1 is 1.43 bits per heavy atom. The fourth-order valence-corrected chi connectivity index (χ4v) is 2.60. The molecule has 2 rings (SSSR count). The third-order valence-electron chi connectivity index (χ3n) is 3.83. The minimum absolute atomic E-state index is 0.0483. The quantitative estimate of drug-likeness (QED) is 0.871. The van der Waals surface area contributed by atoms with Gasteiger partial charge in [-0.1, -0.05) is 19.8 Å². The van der Waals surface area contributed by atoms with Gasteiger partial charge in [0.05, 0.1) is 6.04 Å². The third kappa shape index (κ3) is 3.61. The van der Waals surface area contributed by atoms with Crippen LogP contribution in [-0.4, -0.2) is 24.4 Å². The maximum Gasteiger partial charge on any atom is 0.241 e. The third-order valence-corrected chi connectivity index (χ3v) is 3.83. The topological polar surface area (TPSA) is 75.4 Å². The minimum Gasteiger partial charge on any atom is -0.325 e. The van der Waals surface area contributed by atoms with Crippen molar-refractivity contribution in [1.29, 1.82) is 0 Å². The van der Waals surface area contributed by atoms with Gasteiger partial charge < -0.3 is 16.0 Å². The van der Waals surface area contributed by atoms with Crippen LogP contribution in [0.4, 0.5) is 11.4 Å². The van der Waals surface area contributed by atoms with Crippen LogP contribution in [0, 0.1) is 0 Å². The van der Waals surface area contributed by atoms with Gasteiger partial charge >= 0.3 is 0 Å². The van der Waals surface area contributed by atoms with Crippen LogP contribution in [0.15, 0.2) is 18.2 Å². The number of rotatable bonds is 5. The lowest BCUT2D eigenvalue weighted by Crippen LogP contribution is -2.35. The van der Waals surface area contributed by atoms with Crippen molar-refractivity contribution in [3.05, 3.63) is 23.8 Å². The highest BCUT2D eigenvalue weighted by Crippen LogP contribution is 2.30. The van der Waals surface area contributed by atoms with E-state index in [0.717, 1.165) is 36.2 Å². The molecule has 0 saturated carbocycles.